The molecule has 0 saturated carbocycles. The number of carbonyl (C=O) groups is 2. The lowest BCUT2D eigenvalue weighted by atomic mass is 10.1. The molecule has 0 fully saturated rings. The van der Waals surface area contributed by atoms with Crippen molar-refractivity contribution in [1.29, 1.82) is 0 Å². The molecule has 0 saturated heterocycles. The highest BCUT2D eigenvalue weighted by atomic mass is 19.2. The highest BCUT2D eigenvalue weighted by molar-refractivity contribution is 5.94. The second-order valence-electron chi connectivity index (χ2n) is 6.61. The molecule has 0 aliphatic heterocycles. The molecule has 1 heterocycles. The average molecular weight is 432 g/mol. The molecule has 0 aliphatic rings. The van der Waals surface area contributed by atoms with Gasteiger partial charge in [-0.2, -0.15) is 4.98 Å². The standard InChI is InChI=1S/C21H19F3N4O3/c1-2-12-3-5-13(6-4-12)21-27-18(31-28-21)10-9-16(29)25-11-17(30)26-15-8-7-14(22)19(23)20(15)24/h3-8H,2,9-11H2,1H3,(H,25,29)(H,26,30). The minimum Gasteiger partial charge on any atom is -0.347 e. The van der Waals surface area contributed by atoms with Crippen LogP contribution in [-0.2, 0) is 22.4 Å². The summed E-state index contributed by atoms with van der Waals surface area (Å²) in [5.41, 5.74) is 1.45. The first-order valence-corrected chi connectivity index (χ1v) is 9.49. The quantitative estimate of drug-likeness (QED) is 0.532. The highest BCUT2D eigenvalue weighted by Crippen LogP contribution is 2.19. The van der Waals surface area contributed by atoms with Gasteiger partial charge in [0.2, 0.25) is 23.5 Å². The minimum atomic E-state index is -1.69. The highest BCUT2D eigenvalue weighted by Gasteiger charge is 2.16. The van der Waals surface area contributed by atoms with E-state index in [-0.39, 0.29) is 18.7 Å². The van der Waals surface area contributed by atoms with Crippen molar-refractivity contribution in [1.82, 2.24) is 15.5 Å². The summed E-state index contributed by atoms with van der Waals surface area (Å²) in [5, 5.41) is 8.29. The van der Waals surface area contributed by atoms with Crippen LogP contribution in [0.25, 0.3) is 11.4 Å². The molecular formula is C21H19F3N4O3. The molecule has 2 N–H and O–H groups in total. The molecule has 3 rings (SSSR count). The van der Waals surface area contributed by atoms with Crippen molar-refractivity contribution in [2.75, 3.05) is 11.9 Å². The van der Waals surface area contributed by atoms with Gasteiger partial charge in [-0.1, -0.05) is 36.3 Å². The number of hydrogen-bond acceptors (Lipinski definition) is 5. The summed E-state index contributed by atoms with van der Waals surface area (Å²) in [7, 11) is 0. The van der Waals surface area contributed by atoms with E-state index in [0.717, 1.165) is 18.1 Å². The molecule has 0 aliphatic carbocycles. The van der Waals surface area contributed by atoms with Crippen LogP contribution >= 0.6 is 0 Å². The van der Waals surface area contributed by atoms with Crippen LogP contribution in [0.2, 0.25) is 0 Å². The smallest absolute Gasteiger partial charge is 0.243 e. The summed E-state index contributed by atoms with van der Waals surface area (Å²) in [6.45, 7) is 1.58. The van der Waals surface area contributed by atoms with Crippen LogP contribution in [0.15, 0.2) is 40.9 Å². The lowest BCUT2D eigenvalue weighted by molar-refractivity contribution is -0.124. The second-order valence-corrected chi connectivity index (χ2v) is 6.61. The Kier molecular flexibility index (Phi) is 7.01. The first-order chi connectivity index (χ1) is 14.9. The van der Waals surface area contributed by atoms with Crippen molar-refractivity contribution in [3.8, 4) is 11.4 Å². The van der Waals surface area contributed by atoms with Crippen LogP contribution in [0, 0.1) is 17.5 Å². The zero-order valence-electron chi connectivity index (χ0n) is 16.5. The summed E-state index contributed by atoms with van der Waals surface area (Å²) in [6, 6.07) is 9.27. The third-order valence-corrected chi connectivity index (χ3v) is 4.41. The van der Waals surface area contributed by atoms with Gasteiger partial charge in [0.25, 0.3) is 0 Å². The predicted octanol–water partition coefficient (Wildman–Crippen LogP) is 3.40. The number of benzene rings is 2. The van der Waals surface area contributed by atoms with Crippen molar-refractivity contribution in [2.45, 2.75) is 26.2 Å². The number of amides is 2. The predicted molar refractivity (Wildman–Crippen MR) is 105 cm³/mol. The fraction of sp³-hybridized carbons (Fsp3) is 0.238. The minimum absolute atomic E-state index is 0.0246. The van der Waals surface area contributed by atoms with Gasteiger partial charge in [0.1, 0.15) is 0 Å². The van der Waals surface area contributed by atoms with Gasteiger partial charge in [0, 0.05) is 18.4 Å². The third-order valence-electron chi connectivity index (χ3n) is 4.41. The topological polar surface area (TPSA) is 97.1 Å². The maximum Gasteiger partial charge on any atom is 0.243 e. The Morgan fingerprint density at radius 3 is 2.45 bits per heavy atom. The number of nitrogens with zero attached hydrogens (tertiary/aromatic N) is 2. The first-order valence-electron chi connectivity index (χ1n) is 9.49. The van der Waals surface area contributed by atoms with Crippen molar-refractivity contribution >= 4 is 17.5 Å². The van der Waals surface area contributed by atoms with Gasteiger partial charge >= 0.3 is 0 Å². The van der Waals surface area contributed by atoms with Gasteiger partial charge in [-0.25, -0.2) is 13.2 Å². The van der Waals surface area contributed by atoms with Gasteiger partial charge in [-0.3, -0.25) is 9.59 Å². The van der Waals surface area contributed by atoms with Crippen molar-refractivity contribution in [2.24, 2.45) is 0 Å². The lowest BCUT2D eigenvalue weighted by Gasteiger charge is -2.08. The normalized spacial score (nSPS) is 10.7. The van der Waals surface area contributed by atoms with Crippen molar-refractivity contribution in [3.05, 3.63) is 65.3 Å². The Balaban J connectivity index is 1.45. The third kappa shape index (κ3) is 5.68. The Morgan fingerprint density at radius 1 is 1.00 bits per heavy atom. The van der Waals surface area contributed by atoms with Gasteiger partial charge in [-0.15, -0.1) is 0 Å². The molecular weight excluding hydrogens is 413 g/mol. The summed E-state index contributed by atoms with van der Waals surface area (Å²) in [4.78, 5) is 28.0. The number of carbonyl (C=O) groups excluding carboxylic acids is 2. The number of anilines is 1. The van der Waals surface area contributed by atoms with Crippen LogP contribution in [-0.4, -0.2) is 28.5 Å². The average Bonchev–Trinajstić information content (AvgIpc) is 3.26. The monoisotopic (exact) mass is 432 g/mol. The van der Waals surface area contributed by atoms with Crippen LogP contribution in [0.5, 0.6) is 0 Å². The molecule has 2 amide bonds. The Labute approximate surface area is 175 Å². The number of rotatable bonds is 8. The number of hydrogen-bond donors (Lipinski definition) is 2. The van der Waals surface area contributed by atoms with Crippen LogP contribution in [0.1, 0.15) is 24.8 Å². The molecule has 0 bridgehead atoms. The second kappa shape index (κ2) is 9.88. The van der Waals surface area contributed by atoms with E-state index in [4.69, 9.17) is 4.52 Å². The Morgan fingerprint density at radius 2 is 1.74 bits per heavy atom. The Bertz CT molecular complexity index is 1080. The number of aryl methyl sites for hydroxylation is 2. The molecule has 2 aromatic carbocycles. The van der Waals surface area contributed by atoms with Crippen LogP contribution < -0.4 is 10.6 Å². The SMILES string of the molecule is CCc1ccc(-c2noc(CCC(=O)NCC(=O)Nc3ccc(F)c(F)c3F)n2)cc1. The number of nitrogens with one attached hydrogen (secondary N) is 2. The molecule has 162 valence electrons. The zero-order valence-corrected chi connectivity index (χ0v) is 16.5. The van der Waals surface area contributed by atoms with E-state index in [9.17, 15) is 22.8 Å². The van der Waals surface area contributed by atoms with Crippen molar-refractivity contribution in [3.63, 3.8) is 0 Å². The molecule has 10 heteroatoms. The Hall–Kier alpha value is -3.69. The van der Waals surface area contributed by atoms with E-state index in [1.54, 1.807) is 0 Å². The summed E-state index contributed by atoms with van der Waals surface area (Å²) in [5.74, 6) is -5.19. The molecule has 7 nitrogen and oxygen atoms in total. The molecule has 0 unspecified atom stereocenters. The number of halogens is 3. The zero-order chi connectivity index (χ0) is 22.4. The molecule has 0 spiro atoms. The van der Waals surface area contributed by atoms with Gasteiger partial charge < -0.3 is 15.2 Å². The van der Waals surface area contributed by atoms with E-state index in [1.807, 2.05) is 24.3 Å². The van der Waals surface area contributed by atoms with Gasteiger partial charge in [0.15, 0.2) is 17.5 Å². The van der Waals surface area contributed by atoms with E-state index in [1.165, 1.54) is 5.56 Å². The van der Waals surface area contributed by atoms with Crippen LogP contribution in [0.4, 0.5) is 18.9 Å². The molecule has 3 aromatic rings. The lowest BCUT2D eigenvalue weighted by Crippen LogP contribution is -2.33. The maximum absolute atomic E-state index is 13.6. The van der Waals surface area contributed by atoms with Crippen LogP contribution in [0.3, 0.4) is 0 Å². The molecule has 31 heavy (non-hydrogen) atoms. The fourth-order valence-corrected chi connectivity index (χ4v) is 2.67. The molecule has 0 radical (unpaired) electrons. The van der Waals surface area contributed by atoms with E-state index in [0.29, 0.717) is 11.9 Å². The summed E-state index contributed by atoms with van der Waals surface area (Å²) in [6.07, 6.45) is 1.05. The fourth-order valence-electron chi connectivity index (χ4n) is 2.67. The van der Waals surface area contributed by atoms with Gasteiger partial charge in [0.05, 0.1) is 12.2 Å². The molecule has 1 aromatic heterocycles. The van der Waals surface area contributed by atoms with E-state index >= 15 is 0 Å². The first kappa shape index (κ1) is 22.0. The summed E-state index contributed by atoms with van der Waals surface area (Å²) < 4.78 is 44.8. The molecule has 0 atom stereocenters. The van der Waals surface area contributed by atoms with E-state index < -0.39 is 41.5 Å². The summed E-state index contributed by atoms with van der Waals surface area (Å²) >= 11 is 0. The van der Waals surface area contributed by atoms with E-state index in [2.05, 4.69) is 27.7 Å². The maximum atomic E-state index is 13.6. The number of aromatic nitrogens is 2. The largest absolute Gasteiger partial charge is 0.347 e. The van der Waals surface area contributed by atoms with Gasteiger partial charge in [-0.05, 0) is 24.1 Å². The van der Waals surface area contributed by atoms with Crippen molar-refractivity contribution < 1.29 is 27.3 Å².